The predicted molar refractivity (Wildman–Crippen MR) is 144 cm³/mol. The summed E-state index contributed by atoms with van der Waals surface area (Å²) in [5, 5.41) is 59.2. The van der Waals surface area contributed by atoms with Crippen molar-refractivity contribution >= 4 is 5.91 Å². The van der Waals surface area contributed by atoms with E-state index >= 15 is 0 Å². The van der Waals surface area contributed by atoms with E-state index < -0.39 is 98.0 Å². The van der Waals surface area contributed by atoms with Gasteiger partial charge < -0.3 is 78.5 Å². The standard InChI is InChI=1S/C23H45N9O10/c24-4-3-13(34)20(37)31-12-5-11(27)18(41-21-10(26)2-1-9(6-25)39-21)23(38,8-30-32-29)19(12)42-22-17(36)15(28)16(35)14(7-33)40-22/h9-19,21-22,33-36,38H,1-8,24-28H2,(H,31,37)/t9?,10?,11-,12+,13-,14?,15-,16+,17?,18?,19-,21+,22+,23?/m0/s1. The first kappa shape index (κ1) is 34.7. The summed E-state index contributed by atoms with van der Waals surface area (Å²) < 4.78 is 23.6. The van der Waals surface area contributed by atoms with Gasteiger partial charge in [-0.1, -0.05) is 5.11 Å². The van der Waals surface area contributed by atoms with E-state index in [1.807, 2.05) is 0 Å². The third kappa shape index (κ3) is 7.65. The summed E-state index contributed by atoms with van der Waals surface area (Å²) in [7, 11) is 0. The largest absolute Gasteiger partial charge is 0.394 e. The number of nitrogens with two attached hydrogens (primary N) is 5. The maximum Gasteiger partial charge on any atom is 0.249 e. The van der Waals surface area contributed by atoms with E-state index in [0.717, 1.165) is 0 Å². The highest BCUT2D eigenvalue weighted by Gasteiger charge is 2.59. The number of hydrogen-bond acceptors (Lipinski definition) is 16. The number of hydrogen-bond donors (Lipinski definition) is 11. The van der Waals surface area contributed by atoms with Crippen LogP contribution >= 0.6 is 0 Å². The fourth-order valence-corrected chi connectivity index (χ4v) is 5.58. The molecule has 0 aromatic carbocycles. The lowest BCUT2D eigenvalue weighted by Crippen LogP contribution is -2.75. The van der Waals surface area contributed by atoms with Gasteiger partial charge in [-0.2, -0.15) is 0 Å². The highest BCUT2D eigenvalue weighted by atomic mass is 16.7. The van der Waals surface area contributed by atoms with Gasteiger partial charge in [0.1, 0.15) is 42.2 Å². The molecule has 0 aromatic heterocycles. The quantitative estimate of drug-likeness (QED) is 0.0559. The molecule has 42 heavy (non-hydrogen) atoms. The molecule has 3 rings (SSSR count). The Hall–Kier alpha value is -1.78. The molecule has 2 saturated heterocycles. The number of ether oxygens (including phenoxy) is 4. The molecule has 3 fully saturated rings. The fourth-order valence-electron chi connectivity index (χ4n) is 5.58. The van der Waals surface area contributed by atoms with Crippen molar-refractivity contribution in [1.29, 1.82) is 0 Å². The van der Waals surface area contributed by atoms with E-state index in [9.17, 15) is 30.3 Å². The second kappa shape index (κ2) is 15.3. The van der Waals surface area contributed by atoms with Crippen molar-refractivity contribution in [3.05, 3.63) is 10.4 Å². The first-order valence-corrected chi connectivity index (χ1v) is 13.9. The Morgan fingerprint density at radius 1 is 1.10 bits per heavy atom. The monoisotopic (exact) mass is 607 g/mol. The number of carbonyl (C=O) groups is 1. The molecule has 2 aliphatic heterocycles. The van der Waals surface area contributed by atoms with Crippen LogP contribution < -0.4 is 34.0 Å². The zero-order valence-electron chi connectivity index (χ0n) is 23.2. The van der Waals surface area contributed by atoms with Crippen LogP contribution in [0.4, 0.5) is 0 Å². The van der Waals surface area contributed by atoms with E-state index in [0.29, 0.717) is 12.8 Å². The molecule has 0 bridgehead atoms. The molecule has 1 aliphatic carbocycles. The van der Waals surface area contributed by atoms with Gasteiger partial charge in [0.05, 0.1) is 37.4 Å². The first-order chi connectivity index (χ1) is 19.9. The second-order valence-corrected chi connectivity index (χ2v) is 11.0. The summed E-state index contributed by atoms with van der Waals surface area (Å²) in [6, 6.07) is -4.17. The Labute approximate surface area is 242 Å². The van der Waals surface area contributed by atoms with Crippen LogP contribution in [0, 0.1) is 0 Å². The Bertz CT molecular complexity index is 933. The molecular weight excluding hydrogens is 562 g/mol. The Kier molecular flexibility index (Phi) is 12.6. The first-order valence-electron chi connectivity index (χ1n) is 13.9. The topological polar surface area (TPSA) is 346 Å². The minimum Gasteiger partial charge on any atom is -0.394 e. The third-order valence-corrected chi connectivity index (χ3v) is 7.98. The van der Waals surface area contributed by atoms with Crippen LogP contribution in [0.1, 0.15) is 25.7 Å². The summed E-state index contributed by atoms with van der Waals surface area (Å²) >= 11 is 0. The summed E-state index contributed by atoms with van der Waals surface area (Å²) in [6.45, 7) is -1.19. The van der Waals surface area contributed by atoms with Crippen LogP contribution in [0.25, 0.3) is 10.4 Å². The third-order valence-electron chi connectivity index (χ3n) is 7.98. The number of amides is 1. The number of carbonyl (C=O) groups excluding carboxylic acids is 1. The smallest absolute Gasteiger partial charge is 0.249 e. The molecule has 19 heteroatoms. The van der Waals surface area contributed by atoms with Crippen molar-refractivity contribution in [3.8, 4) is 0 Å². The average Bonchev–Trinajstić information content (AvgIpc) is 2.97. The van der Waals surface area contributed by atoms with E-state index in [-0.39, 0.29) is 32.0 Å². The molecule has 16 N–H and O–H groups in total. The van der Waals surface area contributed by atoms with Crippen molar-refractivity contribution < 1.29 is 49.3 Å². The molecule has 2 heterocycles. The van der Waals surface area contributed by atoms with E-state index in [1.54, 1.807) is 0 Å². The van der Waals surface area contributed by atoms with Gasteiger partial charge in [0.2, 0.25) is 5.91 Å². The number of nitrogens with zero attached hydrogens (tertiary/aromatic N) is 3. The maximum atomic E-state index is 12.8. The molecule has 0 aromatic rings. The minimum absolute atomic E-state index is 0.00569. The Morgan fingerprint density at radius 2 is 1.79 bits per heavy atom. The normalized spacial score (nSPS) is 43.3. The molecule has 1 saturated carbocycles. The summed E-state index contributed by atoms with van der Waals surface area (Å²) in [5.41, 5.74) is 36.7. The lowest BCUT2D eigenvalue weighted by molar-refractivity contribution is -0.331. The second-order valence-electron chi connectivity index (χ2n) is 11.0. The van der Waals surface area contributed by atoms with Crippen LogP contribution in [0.5, 0.6) is 0 Å². The lowest BCUT2D eigenvalue weighted by Gasteiger charge is -2.53. The van der Waals surface area contributed by atoms with Crippen LogP contribution in [-0.4, -0.2) is 143 Å². The van der Waals surface area contributed by atoms with Gasteiger partial charge in [0.15, 0.2) is 12.6 Å². The van der Waals surface area contributed by atoms with Crippen molar-refractivity contribution in [3.63, 3.8) is 0 Å². The summed E-state index contributed by atoms with van der Waals surface area (Å²) in [5.74, 6) is -0.856. The van der Waals surface area contributed by atoms with Gasteiger partial charge in [-0.3, -0.25) is 4.79 Å². The molecule has 14 atom stereocenters. The molecule has 3 aliphatic rings. The van der Waals surface area contributed by atoms with Crippen LogP contribution in [0.3, 0.4) is 0 Å². The zero-order valence-corrected chi connectivity index (χ0v) is 23.2. The molecule has 1 amide bonds. The van der Waals surface area contributed by atoms with E-state index in [2.05, 4.69) is 15.3 Å². The number of rotatable bonds is 12. The number of aliphatic hydroxyl groups is 5. The van der Waals surface area contributed by atoms with Gasteiger partial charge in [-0.05, 0) is 37.8 Å². The van der Waals surface area contributed by atoms with Crippen LogP contribution in [0.15, 0.2) is 5.11 Å². The van der Waals surface area contributed by atoms with Crippen LogP contribution in [-0.2, 0) is 23.7 Å². The number of azide groups is 1. The molecule has 19 nitrogen and oxygen atoms in total. The average molecular weight is 608 g/mol. The number of aliphatic hydroxyl groups excluding tert-OH is 4. The summed E-state index contributed by atoms with van der Waals surface area (Å²) in [6.07, 6.45) is -11.1. The van der Waals surface area contributed by atoms with E-state index in [4.69, 9.17) is 53.1 Å². The molecule has 0 spiro atoms. The van der Waals surface area contributed by atoms with Crippen molar-refractivity contribution in [1.82, 2.24) is 5.32 Å². The fraction of sp³-hybridized carbons (Fsp3) is 0.957. The van der Waals surface area contributed by atoms with Crippen molar-refractivity contribution in [2.75, 3.05) is 26.2 Å². The highest BCUT2D eigenvalue weighted by molar-refractivity contribution is 5.80. The van der Waals surface area contributed by atoms with Gasteiger partial charge in [0, 0.05) is 17.5 Å². The van der Waals surface area contributed by atoms with Crippen molar-refractivity contribution in [2.45, 2.75) is 111 Å². The molecule has 0 radical (unpaired) electrons. The van der Waals surface area contributed by atoms with E-state index in [1.165, 1.54) is 0 Å². The summed E-state index contributed by atoms with van der Waals surface area (Å²) in [4.78, 5) is 15.6. The van der Waals surface area contributed by atoms with Crippen molar-refractivity contribution in [2.24, 2.45) is 33.8 Å². The lowest BCUT2D eigenvalue weighted by atomic mass is 9.73. The van der Waals surface area contributed by atoms with Gasteiger partial charge in [-0.25, -0.2) is 0 Å². The SMILES string of the molecule is [N-]=[N+]=NCC1(O)C(O[C@H]2OC(CN)CCC2N)[C@@H](N)C[C@@H](NC(=O)[C@@H](O)CCN)[C@@H]1O[C@H]1OC(CO)[C@@H](O)[C@H](N)C1O. The Morgan fingerprint density at radius 3 is 2.40 bits per heavy atom. The number of nitrogens with one attached hydrogen (secondary N) is 1. The van der Waals surface area contributed by atoms with Crippen LogP contribution in [0.2, 0.25) is 0 Å². The molecular formula is C23H45N9O10. The molecule has 242 valence electrons. The van der Waals surface area contributed by atoms with Gasteiger partial charge in [0.25, 0.3) is 0 Å². The minimum atomic E-state index is -2.32. The zero-order chi connectivity index (χ0) is 31.2. The maximum absolute atomic E-state index is 12.8. The predicted octanol–water partition coefficient (Wildman–Crippen LogP) is -5.72. The van der Waals surface area contributed by atoms with Gasteiger partial charge >= 0.3 is 0 Å². The highest BCUT2D eigenvalue weighted by Crippen LogP contribution is 2.38. The molecule has 6 unspecified atom stereocenters. The van der Waals surface area contributed by atoms with Gasteiger partial charge in [-0.15, -0.1) is 0 Å². The Balaban J connectivity index is 2.01.